The van der Waals surface area contributed by atoms with E-state index in [-0.39, 0.29) is 11.4 Å². The molecule has 96 valence electrons. The minimum atomic E-state index is -0.0547. The summed E-state index contributed by atoms with van der Waals surface area (Å²) in [5, 5.41) is 7.11. The largest absolute Gasteiger partial charge is 0.323 e. The number of nitrogens with zero attached hydrogens (tertiary/aromatic N) is 2. The normalized spacial score (nSPS) is 11.9. The summed E-state index contributed by atoms with van der Waals surface area (Å²) < 4.78 is 1.85. The zero-order valence-electron chi connectivity index (χ0n) is 11.4. The first-order valence-corrected chi connectivity index (χ1v) is 6.14. The molecule has 1 N–H and O–H groups in total. The van der Waals surface area contributed by atoms with Crippen molar-refractivity contribution in [1.29, 1.82) is 0 Å². The van der Waals surface area contributed by atoms with E-state index in [2.05, 4.69) is 45.0 Å². The van der Waals surface area contributed by atoms with Gasteiger partial charge in [0.25, 0.3) is 0 Å². The number of carbonyl (C=O) groups is 1. The SMILES string of the molecule is CC(C)CCC(=O)Nc1cnn(C(C)(C)C)c1. The fourth-order valence-corrected chi connectivity index (χ4v) is 1.40. The molecule has 0 fully saturated rings. The molecule has 0 aliphatic heterocycles. The van der Waals surface area contributed by atoms with Crippen molar-refractivity contribution in [1.82, 2.24) is 9.78 Å². The summed E-state index contributed by atoms with van der Waals surface area (Å²) >= 11 is 0. The predicted molar refractivity (Wildman–Crippen MR) is 69.9 cm³/mol. The van der Waals surface area contributed by atoms with Crippen molar-refractivity contribution in [3.8, 4) is 0 Å². The van der Waals surface area contributed by atoms with Gasteiger partial charge in [0.1, 0.15) is 0 Å². The van der Waals surface area contributed by atoms with Crippen molar-refractivity contribution in [3.05, 3.63) is 12.4 Å². The topological polar surface area (TPSA) is 46.9 Å². The standard InChI is InChI=1S/C13H23N3O/c1-10(2)6-7-12(17)15-11-8-14-16(9-11)13(3,4)5/h8-10H,6-7H2,1-5H3,(H,15,17). The van der Waals surface area contributed by atoms with Gasteiger partial charge in [-0.25, -0.2) is 0 Å². The van der Waals surface area contributed by atoms with E-state index >= 15 is 0 Å². The fourth-order valence-electron chi connectivity index (χ4n) is 1.40. The smallest absolute Gasteiger partial charge is 0.224 e. The van der Waals surface area contributed by atoms with Crippen molar-refractivity contribution in [2.24, 2.45) is 5.92 Å². The lowest BCUT2D eigenvalue weighted by Gasteiger charge is -2.18. The van der Waals surface area contributed by atoms with Crippen LogP contribution in [-0.2, 0) is 10.3 Å². The zero-order valence-corrected chi connectivity index (χ0v) is 11.4. The molecule has 4 nitrogen and oxygen atoms in total. The molecule has 0 saturated heterocycles. The summed E-state index contributed by atoms with van der Waals surface area (Å²) in [5.41, 5.74) is 0.717. The quantitative estimate of drug-likeness (QED) is 0.875. The second kappa shape index (κ2) is 5.34. The third-order valence-electron chi connectivity index (χ3n) is 2.50. The highest BCUT2D eigenvalue weighted by atomic mass is 16.1. The van der Waals surface area contributed by atoms with E-state index in [1.165, 1.54) is 0 Å². The van der Waals surface area contributed by atoms with Gasteiger partial charge in [0.05, 0.1) is 17.4 Å². The molecule has 1 aromatic rings. The molecular weight excluding hydrogens is 214 g/mol. The summed E-state index contributed by atoms with van der Waals surface area (Å²) in [6.07, 6.45) is 5.05. The van der Waals surface area contributed by atoms with E-state index in [9.17, 15) is 4.79 Å². The summed E-state index contributed by atoms with van der Waals surface area (Å²) in [6, 6.07) is 0. The monoisotopic (exact) mass is 237 g/mol. The van der Waals surface area contributed by atoms with E-state index in [4.69, 9.17) is 0 Å². The van der Waals surface area contributed by atoms with Crippen LogP contribution in [0.3, 0.4) is 0 Å². The molecule has 1 heterocycles. The molecule has 0 radical (unpaired) electrons. The van der Waals surface area contributed by atoms with Crippen LogP contribution < -0.4 is 5.32 Å². The van der Waals surface area contributed by atoms with Gasteiger partial charge < -0.3 is 5.32 Å². The lowest BCUT2D eigenvalue weighted by Crippen LogP contribution is -2.22. The molecule has 1 aromatic heterocycles. The van der Waals surface area contributed by atoms with Gasteiger partial charge in [-0.05, 0) is 33.1 Å². The van der Waals surface area contributed by atoms with Gasteiger partial charge in [-0.15, -0.1) is 0 Å². The van der Waals surface area contributed by atoms with Gasteiger partial charge in [0.2, 0.25) is 5.91 Å². The average Bonchev–Trinajstić information content (AvgIpc) is 2.62. The predicted octanol–water partition coefficient (Wildman–Crippen LogP) is 3.01. The molecule has 17 heavy (non-hydrogen) atoms. The Morgan fingerprint density at radius 3 is 2.59 bits per heavy atom. The van der Waals surface area contributed by atoms with Gasteiger partial charge in [0, 0.05) is 12.6 Å². The lowest BCUT2D eigenvalue weighted by atomic mass is 10.1. The number of hydrogen-bond donors (Lipinski definition) is 1. The lowest BCUT2D eigenvalue weighted by molar-refractivity contribution is -0.116. The Morgan fingerprint density at radius 1 is 1.47 bits per heavy atom. The van der Waals surface area contributed by atoms with Gasteiger partial charge in [0.15, 0.2) is 0 Å². The summed E-state index contributed by atoms with van der Waals surface area (Å²) in [4.78, 5) is 11.6. The summed E-state index contributed by atoms with van der Waals surface area (Å²) in [7, 11) is 0. The third-order valence-corrected chi connectivity index (χ3v) is 2.50. The van der Waals surface area contributed by atoms with Crippen LogP contribution in [0.1, 0.15) is 47.5 Å². The van der Waals surface area contributed by atoms with Crippen molar-refractivity contribution in [3.63, 3.8) is 0 Å². The molecule has 0 aliphatic rings. The first kappa shape index (κ1) is 13.7. The molecule has 1 rings (SSSR count). The average molecular weight is 237 g/mol. The number of nitrogens with one attached hydrogen (secondary N) is 1. The highest BCUT2D eigenvalue weighted by Crippen LogP contribution is 2.16. The van der Waals surface area contributed by atoms with Gasteiger partial charge in [-0.1, -0.05) is 13.8 Å². The molecule has 1 amide bonds. The maximum Gasteiger partial charge on any atom is 0.224 e. The second-order valence-corrected chi connectivity index (χ2v) is 5.83. The first-order chi connectivity index (χ1) is 7.79. The summed E-state index contributed by atoms with van der Waals surface area (Å²) in [6.45, 7) is 10.5. The van der Waals surface area contributed by atoms with E-state index in [1.807, 2.05) is 10.9 Å². The van der Waals surface area contributed by atoms with Crippen LogP contribution in [0.4, 0.5) is 5.69 Å². The van der Waals surface area contributed by atoms with Crippen LogP contribution in [-0.4, -0.2) is 15.7 Å². The molecule has 0 saturated carbocycles. The first-order valence-electron chi connectivity index (χ1n) is 6.14. The fraction of sp³-hybridized carbons (Fsp3) is 0.692. The third kappa shape index (κ3) is 4.59. The van der Waals surface area contributed by atoms with Crippen LogP contribution in [0.15, 0.2) is 12.4 Å². The molecule has 0 spiro atoms. The minimum absolute atomic E-state index is 0.0547. The highest BCUT2D eigenvalue weighted by molar-refractivity contribution is 5.90. The number of carbonyl (C=O) groups excluding carboxylic acids is 1. The second-order valence-electron chi connectivity index (χ2n) is 5.83. The zero-order chi connectivity index (χ0) is 13.1. The molecule has 0 bridgehead atoms. The van der Waals surface area contributed by atoms with Crippen molar-refractivity contribution in [2.45, 2.75) is 53.0 Å². The van der Waals surface area contributed by atoms with Crippen molar-refractivity contribution < 1.29 is 4.79 Å². The number of anilines is 1. The molecular formula is C13H23N3O. The minimum Gasteiger partial charge on any atom is -0.323 e. The maximum absolute atomic E-state index is 11.6. The number of amides is 1. The van der Waals surface area contributed by atoms with Crippen LogP contribution in [0.25, 0.3) is 0 Å². The van der Waals surface area contributed by atoms with Crippen molar-refractivity contribution >= 4 is 11.6 Å². The maximum atomic E-state index is 11.6. The molecule has 0 aromatic carbocycles. The molecule has 4 heteroatoms. The number of hydrogen-bond acceptors (Lipinski definition) is 2. The Morgan fingerprint density at radius 2 is 2.12 bits per heavy atom. The van der Waals surface area contributed by atoms with E-state index in [0.717, 1.165) is 12.1 Å². The Labute approximate surface area is 103 Å². The molecule has 0 atom stereocenters. The van der Waals surface area contributed by atoms with Crippen LogP contribution in [0, 0.1) is 5.92 Å². The van der Waals surface area contributed by atoms with Crippen LogP contribution >= 0.6 is 0 Å². The van der Waals surface area contributed by atoms with Gasteiger partial charge in [-0.3, -0.25) is 9.48 Å². The van der Waals surface area contributed by atoms with Gasteiger partial charge >= 0.3 is 0 Å². The Balaban J connectivity index is 2.52. The van der Waals surface area contributed by atoms with Crippen LogP contribution in [0.5, 0.6) is 0 Å². The molecule has 0 unspecified atom stereocenters. The van der Waals surface area contributed by atoms with Crippen LogP contribution in [0.2, 0.25) is 0 Å². The molecule has 0 aliphatic carbocycles. The Hall–Kier alpha value is -1.32. The number of rotatable bonds is 4. The summed E-state index contributed by atoms with van der Waals surface area (Å²) in [5.74, 6) is 0.616. The van der Waals surface area contributed by atoms with E-state index in [0.29, 0.717) is 12.3 Å². The Kier molecular flexibility index (Phi) is 4.32. The van der Waals surface area contributed by atoms with Crippen molar-refractivity contribution in [2.75, 3.05) is 5.32 Å². The Bertz CT molecular complexity index is 374. The van der Waals surface area contributed by atoms with E-state index < -0.39 is 0 Å². The number of aromatic nitrogens is 2. The van der Waals surface area contributed by atoms with E-state index in [1.54, 1.807) is 6.20 Å². The van der Waals surface area contributed by atoms with Gasteiger partial charge in [-0.2, -0.15) is 5.10 Å². The highest BCUT2D eigenvalue weighted by Gasteiger charge is 2.14.